The third kappa shape index (κ3) is 4.46. The Morgan fingerprint density at radius 3 is 2.95 bits per heavy atom. The van der Waals surface area contributed by atoms with Crippen LogP contribution in [0.2, 0.25) is 0 Å². The molecule has 2 N–H and O–H groups in total. The highest BCUT2D eigenvalue weighted by molar-refractivity contribution is 5.79. The summed E-state index contributed by atoms with van der Waals surface area (Å²) in [5.41, 5.74) is 1.13. The molecule has 1 heterocycles. The SMILES string of the molecule is COc1ccccc1CC(C)NC(=O)C1CCNC(C)C1. The van der Waals surface area contributed by atoms with Gasteiger partial charge in [-0.1, -0.05) is 18.2 Å². The molecular formula is C17H26N2O2. The number of hydrogen-bond acceptors (Lipinski definition) is 3. The van der Waals surface area contributed by atoms with Crippen molar-refractivity contribution >= 4 is 5.91 Å². The Morgan fingerprint density at radius 1 is 1.48 bits per heavy atom. The lowest BCUT2D eigenvalue weighted by Crippen LogP contribution is -2.45. The molecule has 1 aromatic carbocycles. The summed E-state index contributed by atoms with van der Waals surface area (Å²) in [4.78, 5) is 12.3. The molecule has 1 aromatic rings. The maximum absolute atomic E-state index is 12.3. The van der Waals surface area contributed by atoms with Crippen LogP contribution in [0.4, 0.5) is 0 Å². The number of benzene rings is 1. The summed E-state index contributed by atoms with van der Waals surface area (Å²) in [6, 6.07) is 8.51. The zero-order valence-electron chi connectivity index (χ0n) is 13.2. The van der Waals surface area contributed by atoms with Crippen LogP contribution >= 0.6 is 0 Å². The van der Waals surface area contributed by atoms with E-state index in [1.807, 2.05) is 24.3 Å². The summed E-state index contributed by atoms with van der Waals surface area (Å²) in [5.74, 6) is 1.21. The number of amides is 1. The van der Waals surface area contributed by atoms with E-state index in [-0.39, 0.29) is 17.9 Å². The van der Waals surface area contributed by atoms with Crippen molar-refractivity contribution in [3.63, 3.8) is 0 Å². The average Bonchev–Trinajstić information content (AvgIpc) is 2.47. The first-order valence-electron chi connectivity index (χ1n) is 7.75. The van der Waals surface area contributed by atoms with Crippen LogP contribution in [0.3, 0.4) is 0 Å². The minimum absolute atomic E-state index is 0.110. The van der Waals surface area contributed by atoms with Crippen molar-refractivity contribution in [1.82, 2.24) is 10.6 Å². The quantitative estimate of drug-likeness (QED) is 0.873. The second kappa shape index (κ2) is 7.46. The van der Waals surface area contributed by atoms with Gasteiger partial charge in [0.15, 0.2) is 0 Å². The zero-order valence-corrected chi connectivity index (χ0v) is 13.2. The first kappa shape index (κ1) is 15.8. The van der Waals surface area contributed by atoms with Gasteiger partial charge in [0.1, 0.15) is 5.75 Å². The smallest absolute Gasteiger partial charge is 0.223 e. The summed E-state index contributed by atoms with van der Waals surface area (Å²) in [5, 5.41) is 6.53. The average molecular weight is 290 g/mol. The van der Waals surface area contributed by atoms with E-state index in [4.69, 9.17) is 4.74 Å². The fourth-order valence-electron chi connectivity index (χ4n) is 2.98. The Balaban J connectivity index is 1.89. The fraction of sp³-hybridized carbons (Fsp3) is 0.588. The molecule has 21 heavy (non-hydrogen) atoms. The first-order chi connectivity index (χ1) is 10.1. The van der Waals surface area contributed by atoms with Gasteiger partial charge in [-0.15, -0.1) is 0 Å². The molecule has 1 aliphatic heterocycles. The molecule has 1 amide bonds. The topological polar surface area (TPSA) is 50.4 Å². The van der Waals surface area contributed by atoms with Crippen molar-refractivity contribution in [2.45, 2.75) is 45.2 Å². The molecule has 4 nitrogen and oxygen atoms in total. The lowest BCUT2D eigenvalue weighted by Gasteiger charge is -2.28. The van der Waals surface area contributed by atoms with Crippen LogP contribution in [-0.2, 0) is 11.2 Å². The molecule has 0 aliphatic carbocycles. The van der Waals surface area contributed by atoms with Gasteiger partial charge in [0.2, 0.25) is 5.91 Å². The van der Waals surface area contributed by atoms with Crippen molar-refractivity contribution < 1.29 is 9.53 Å². The van der Waals surface area contributed by atoms with Gasteiger partial charge in [-0.2, -0.15) is 0 Å². The zero-order chi connectivity index (χ0) is 15.2. The van der Waals surface area contributed by atoms with Crippen LogP contribution in [0.15, 0.2) is 24.3 Å². The Kier molecular flexibility index (Phi) is 5.62. The second-order valence-corrected chi connectivity index (χ2v) is 6.00. The molecular weight excluding hydrogens is 264 g/mol. The van der Waals surface area contributed by atoms with Crippen LogP contribution in [-0.4, -0.2) is 31.6 Å². The van der Waals surface area contributed by atoms with E-state index in [0.717, 1.165) is 37.1 Å². The largest absolute Gasteiger partial charge is 0.496 e. The molecule has 0 bridgehead atoms. The standard InChI is InChI=1S/C17H26N2O2/c1-12-10-15(8-9-18-12)17(20)19-13(2)11-14-6-4-5-7-16(14)21-3/h4-7,12-13,15,18H,8-11H2,1-3H3,(H,19,20). The van der Waals surface area contributed by atoms with Crippen LogP contribution in [0, 0.1) is 5.92 Å². The number of methoxy groups -OCH3 is 1. The molecule has 4 heteroatoms. The van der Waals surface area contributed by atoms with E-state index in [0.29, 0.717) is 6.04 Å². The van der Waals surface area contributed by atoms with Crippen LogP contribution in [0.25, 0.3) is 0 Å². The highest BCUT2D eigenvalue weighted by Gasteiger charge is 2.25. The summed E-state index contributed by atoms with van der Waals surface area (Å²) >= 11 is 0. The van der Waals surface area contributed by atoms with E-state index in [1.165, 1.54) is 0 Å². The molecule has 0 radical (unpaired) electrons. The van der Waals surface area contributed by atoms with Gasteiger partial charge < -0.3 is 15.4 Å². The van der Waals surface area contributed by atoms with E-state index in [2.05, 4.69) is 24.5 Å². The number of carbonyl (C=O) groups excluding carboxylic acids is 1. The van der Waals surface area contributed by atoms with E-state index in [9.17, 15) is 4.79 Å². The molecule has 3 unspecified atom stereocenters. The molecule has 0 saturated carbocycles. The number of hydrogen-bond donors (Lipinski definition) is 2. The van der Waals surface area contributed by atoms with Crippen molar-refractivity contribution in [3.8, 4) is 5.75 Å². The normalized spacial score (nSPS) is 23.4. The number of ether oxygens (including phenoxy) is 1. The van der Waals surface area contributed by atoms with E-state index < -0.39 is 0 Å². The summed E-state index contributed by atoms with van der Waals surface area (Å²) in [6.45, 7) is 5.12. The lowest BCUT2D eigenvalue weighted by molar-refractivity contribution is -0.126. The maximum Gasteiger partial charge on any atom is 0.223 e. The number of piperidine rings is 1. The third-order valence-electron chi connectivity index (χ3n) is 4.10. The Bertz CT molecular complexity index is 476. The number of rotatable bonds is 5. The second-order valence-electron chi connectivity index (χ2n) is 6.00. The summed E-state index contributed by atoms with van der Waals surface area (Å²) in [7, 11) is 1.68. The van der Waals surface area contributed by atoms with Gasteiger partial charge in [-0.25, -0.2) is 0 Å². The first-order valence-corrected chi connectivity index (χ1v) is 7.75. The highest BCUT2D eigenvalue weighted by Crippen LogP contribution is 2.20. The molecule has 116 valence electrons. The molecule has 2 rings (SSSR count). The summed E-state index contributed by atoms with van der Waals surface area (Å²) in [6.07, 6.45) is 2.64. The predicted molar refractivity (Wildman–Crippen MR) is 84.5 cm³/mol. The third-order valence-corrected chi connectivity index (χ3v) is 4.10. The van der Waals surface area contributed by atoms with Crippen molar-refractivity contribution in [3.05, 3.63) is 29.8 Å². The van der Waals surface area contributed by atoms with E-state index >= 15 is 0 Å². The van der Waals surface area contributed by atoms with E-state index in [1.54, 1.807) is 7.11 Å². The Hall–Kier alpha value is -1.55. The van der Waals surface area contributed by atoms with Gasteiger partial charge >= 0.3 is 0 Å². The number of carbonyl (C=O) groups is 1. The van der Waals surface area contributed by atoms with Gasteiger partial charge in [-0.3, -0.25) is 4.79 Å². The minimum atomic E-state index is 0.110. The van der Waals surface area contributed by atoms with Crippen LogP contribution in [0.5, 0.6) is 5.75 Å². The minimum Gasteiger partial charge on any atom is -0.496 e. The highest BCUT2D eigenvalue weighted by atomic mass is 16.5. The molecule has 3 atom stereocenters. The maximum atomic E-state index is 12.3. The molecule has 1 saturated heterocycles. The van der Waals surface area contributed by atoms with Crippen molar-refractivity contribution in [2.75, 3.05) is 13.7 Å². The molecule has 1 fully saturated rings. The predicted octanol–water partition coefficient (Wildman–Crippen LogP) is 2.13. The molecule has 0 aromatic heterocycles. The van der Waals surface area contributed by atoms with Crippen molar-refractivity contribution in [2.24, 2.45) is 5.92 Å². The van der Waals surface area contributed by atoms with Crippen LogP contribution in [0.1, 0.15) is 32.3 Å². The van der Waals surface area contributed by atoms with Gasteiger partial charge in [0.05, 0.1) is 7.11 Å². The van der Waals surface area contributed by atoms with Crippen LogP contribution < -0.4 is 15.4 Å². The van der Waals surface area contributed by atoms with Crippen molar-refractivity contribution in [1.29, 1.82) is 0 Å². The molecule has 0 spiro atoms. The lowest BCUT2D eigenvalue weighted by atomic mass is 9.92. The number of nitrogens with one attached hydrogen (secondary N) is 2. The van der Waals surface area contributed by atoms with Gasteiger partial charge in [0, 0.05) is 18.0 Å². The monoisotopic (exact) mass is 290 g/mol. The Labute approximate surface area is 127 Å². The fourth-order valence-corrected chi connectivity index (χ4v) is 2.98. The Morgan fingerprint density at radius 2 is 2.24 bits per heavy atom. The van der Waals surface area contributed by atoms with Gasteiger partial charge in [-0.05, 0) is 51.3 Å². The summed E-state index contributed by atoms with van der Waals surface area (Å²) < 4.78 is 5.36. The van der Waals surface area contributed by atoms with Gasteiger partial charge in [0.25, 0.3) is 0 Å². The number of para-hydroxylation sites is 1. The molecule has 1 aliphatic rings.